The van der Waals surface area contributed by atoms with E-state index in [4.69, 9.17) is 44.0 Å². The van der Waals surface area contributed by atoms with Crippen LogP contribution >= 0.6 is 34.8 Å². The van der Waals surface area contributed by atoms with Crippen molar-refractivity contribution in [1.29, 1.82) is 0 Å². The average molecular weight is 383 g/mol. The topological polar surface area (TPSA) is 51.5 Å². The van der Waals surface area contributed by atoms with Crippen molar-refractivity contribution in [2.75, 3.05) is 5.32 Å². The van der Waals surface area contributed by atoms with Gasteiger partial charge in [-0.25, -0.2) is 0 Å². The van der Waals surface area contributed by atoms with Gasteiger partial charge in [-0.1, -0.05) is 34.8 Å². The number of hydrogen-bond acceptors (Lipinski definition) is 3. The molecule has 0 radical (unpaired) electrons. The normalized spacial score (nSPS) is 10.5. The van der Waals surface area contributed by atoms with E-state index < -0.39 is 5.91 Å². The van der Waals surface area contributed by atoms with Gasteiger partial charge in [-0.15, -0.1) is 0 Å². The van der Waals surface area contributed by atoms with Gasteiger partial charge in [-0.2, -0.15) is 0 Å². The van der Waals surface area contributed by atoms with Crippen LogP contribution in [-0.2, 0) is 0 Å². The molecule has 1 heterocycles. The maximum atomic E-state index is 12.2. The number of carbonyl (C=O) groups excluding carboxylic acids is 1. The lowest BCUT2D eigenvalue weighted by atomic mass is 10.2. The molecular weight excluding hydrogens is 373 g/mol. The molecule has 3 rings (SSSR count). The smallest absolute Gasteiger partial charge is 0.291 e. The number of ether oxygens (including phenoxy) is 1. The summed E-state index contributed by atoms with van der Waals surface area (Å²) < 4.78 is 10.8. The first-order valence-corrected chi connectivity index (χ1v) is 7.93. The van der Waals surface area contributed by atoms with E-state index in [9.17, 15) is 4.79 Å². The van der Waals surface area contributed by atoms with Crippen LogP contribution in [0.2, 0.25) is 15.1 Å². The summed E-state index contributed by atoms with van der Waals surface area (Å²) in [6.45, 7) is 0. The monoisotopic (exact) mass is 381 g/mol. The first-order chi connectivity index (χ1) is 11.5. The molecule has 0 saturated heterocycles. The molecule has 0 saturated carbocycles. The molecule has 0 unspecified atom stereocenters. The van der Waals surface area contributed by atoms with Gasteiger partial charge in [0.2, 0.25) is 0 Å². The van der Waals surface area contributed by atoms with Crippen LogP contribution < -0.4 is 10.1 Å². The summed E-state index contributed by atoms with van der Waals surface area (Å²) in [5.41, 5.74) is 0.362. The van der Waals surface area contributed by atoms with Gasteiger partial charge in [0.1, 0.15) is 5.75 Å². The molecule has 0 atom stereocenters. The van der Waals surface area contributed by atoms with Crippen LogP contribution in [0.25, 0.3) is 0 Å². The number of furan rings is 1. The number of hydrogen-bond donors (Lipinski definition) is 1. The maximum Gasteiger partial charge on any atom is 0.291 e. The highest BCUT2D eigenvalue weighted by Crippen LogP contribution is 2.37. The minimum atomic E-state index is -0.431. The van der Waals surface area contributed by atoms with Gasteiger partial charge in [0.15, 0.2) is 11.5 Å². The van der Waals surface area contributed by atoms with Gasteiger partial charge in [0, 0.05) is 11.1 Å². The highest BCUT2D eigenvalue weighted by Gasteiger charge is 2.15. The van der Waals surface area contributed by atoms with Crippen LogP contribution in [0.5, 0.6) is 11.5 Å². The molecule has 3 aromatic rings. The Bertz CT molecular complexity index is 862. The molecule has 24 heavy (non-hydrogen) atoms. The Balaban J connectivity index is 1.91. The predicted octanol–water partition coefficient (Wildman–Crippen LogP) is 6.28. The van der Waals surface area contributed by atoms with Crippen molar-refractivity contribution < 1.29 is 13.9 Å². The lowest BCUT2D eigenvalue weighted by Crippen LogP contribution is -2.11. The summed E-state index contributed by atoms with van der Waals surface area (Å²) in [5, 5.41) is 3.86. The first-order valence-electron chi connectivity index (χ1n) is 6.80. The fourth-order valence-corrected chi connectivity index (χ4v) is 2.38. The van der Waals surface area contributed by atoms with Crippen molar-refractivity contribution in [3.63, 3.8) is 0 Å². The van der Waals surface area contributed by atoms with E-state index in [0.29, 0.717) is 27.2 Å². The third-order valence-corrected chi connectivity index (χ3v) is 4.03. The lowest BCUT2D eigenvalue weighted by molar-refractivity contribution is 0.0996. The van der Waals surface area contributed by atoms with Gasteiger partial charge >= 0.3 is 0 Å². The molecular formula is C17H10Cl3NO3. The van der Waals surface area contributed by atoms with Gasteiger partial charge in [0.05, 0.1) is 22.0 Å². The molecule has 0 aliphatic rings. The second kappa shape index (κ2) is 7.18. The predicted molar refractivity (Wildman–Crippen MR) is 94.6 cm³/mol. The molecule has 7 heteroatoms. The number of anilines is 1. The first kappa shape index (κ1) is 16.7. The largest absolute Gasteiger partial charge is 0.459 e. The third-order valence-electron chi connectivity index (χ3n) is 3.06. The van der Waals surface area contributed by atoms with Gasteiger partial charge < -0.3 is 14.5 Å². The highest BCUT2D eigenvalue weighted by atomic mass is 35.5. The molecule has 0 aliphatic heterocycles. The molecule has 122 valence electrons. The fourth-order valence-electron chi connectivity index (χ4n) is 1.93. The van der Waals surface area contributed by atoms with E-state index in [1.54, 1.807) is 36.4 Å². The summed E-state index contributed by atoms with van der Waals surface area (Å²) in [6, 6.07) is 13.0. The second-order valence-corrected chi connectivity index (χ2v) is 6.00. The van der Waals surface area contributed by atoms with E-state index in [2.05, 4.69) is 5.32 Å². The van der Waals surface area contributed by atoms with Crippen molar-refractivity contribution in [1.82, 2.24) is 0 Å². The van der Waals surface area contributed by atoms with Crippen LogP contribution in [0.4, 0.5) is 5.69 Å². The van der Waals surface area contributed by atoms with E-state index in [1.807, 2.05) is 0 Å². The fraction of sp³-hybridized carbons (Fsp3) is 0. The third kappa shape index (κ3) is 3.85. The zero-order chi connectivity index (χ0) is 17.1. The number of carbonyl (C=O) groups is 1. The van der Waals surface area contributed by atoms with E-state index in [0.717, 1.165) is 0 Å². The van der Waals surface area contributed by atoms with Crippen molar-refractivity contribution >= 4 is 46.4 Å². The SMILES string of the molecule is O=C(Nc1cc(Cl)c(Cl)cc1Oc1ccc(Cl)cc1)c1ccco1. The van der Waals surface area contributed by atoms with Crippen LogP contribution in [0.3, 0.4) is 0 Å². The number of halogens is 3. The Morgan fingerprint density at radius 2 is 1.71 bits per heavy atom. The molecule has 2 aromatic carbocycles. The van der Waals surface area contributed by atoms with Crippen LogP contribution in [0.1, 0.15) is 10.6 Å². The number of benzene rings is 2. The standard InChI is InChI=1S/C17H10Cl3NO3/c18-10-3-5-11(6-4-10)24-16-9-13(20)12(19)8-14(16)21-17(22)15-2-1-7-23-15/h1-9H,(H,21,22). The zero-order valence-electron chi connectivity index (χ0n) is 12.1. The van der Waals surface area contributed by atoms with E-state index in [-0.39, 0.29) is 10.8 Å². The molecule has 4 nitrogen and oxygen atoms in total. The molecule has 0 bridgehead atoms. The quantitative estimate of drug-likeness (QED) is 0.577. The molecule has 0 aliphatic carbocycles. The van der Waals surface area contributed by atoms with Crippen molar-refractivity contribution in [2.24, 2.45) is 0 Å². The van der Waals surface area contributed by atoms with Crippen LogP contribution in [-0.4, -0.2) is 5.91 Å². The molecule has 0 spiro atoms. The second-order valence-electron chi connectivity index (χ2n) is 4.75. The highest BCUT2D eigenvalue weighted by molar-refractivity contribution is 6.42. The van der Waals surface area contributed by atoms with Crippen LogP contribution in [0, 0.1) is 0 Å². The average Bonchev–Trinajstić information content (AvgIpc) is 3.09. The Morgan fingerprint density at radius 3 is 2.38 bits per heavy atom. The van der Waals surface area contributed by atoms with Gasteiger partial charge in [0.25, 0.3) is 5.91 Å². The molecule has 1 aromatic heterocycles. The Labute approximate surface area is 152 Å². The van der Waals surface area contributed by atoms with Crippen molar-refractivity contribution in [3.05, 3.63) is 75.6 Å². The van der Waals surface area contributed by atoms with Crippen LogP contribution in [0.15, 0.2) is 59.2 Å². The van der Waals surface area contributed by atoms with E-state index >= 15 is 0 Å². The zero-order valence-corrected chi connectivity index (χ0v) is 14.3. The molecule has 0 fully saturated rings. The Morgan fingerprint density at radius 1 is 1.00 bits per heavy atom. The lowest BCUT2D eigenvalue weighted by Gasteiger charge is -2.13. The minimum absolute atomic E-state index is 0.165. The van der Waals surface area contributed by atoms with Crippen molar-refractivity contribution in [2.45, 2.75) is 0 Å². The molecule has 1 N–H and O–H groups in total. The van der Waals surface area contributed by atoms with E-state index in [1.165, 1.54) is 18.4 Å². The maximum absolute atomic E-state index is 12.2. The Kier molecular flexibility index (Phi) is 5.00. The Hall–Kier alpha value is -2.14. The summed E-state index contributed by atoms with van der Waals surface area (Å²) in [4.78, 5) is 12.2. The number of amides is 1. The summed E-state index contributed by atoms with van der Waals surface area (Å²) in [6.07, 6.45) is 1.41. The number of nitrogens with one attached hydrogen (secondary N) is 1. The summed E-state index contributed by atoms with van der Waals surface area (Å²) >= 11 is 17.9. The summed E-state index contributed by atoms with van der Waals surface area (Å²) in [5.74, 6) is 0.607. The minimum Gasteiger partial charge on any atom is -0.459 e. The summed E-state index contributed by atoms with van der Waals surface area (Å²) in [7, 11) is 0. The number of rotatable bonds is 4. The van der Waals surface area contributed by atoms with Crippen molar-refractivity contribution in [3.8, 4) is 11.5 Å². The van der Waals surface area contributed by atoms with Gasteiger partial charge in [-0.3, -0.25) is 4.79 Å². The molecule has 1 amide bonds. The van der Waals surface area contributed by atoms with Gasteiger partial charge in [-0.05, 0) is 42.5 Å².